The average molecular weight is 337 g/mol. The first-order valence-corrected chi connectivity index (χ1v) is 9.27. The van der Waals surface area contributed by atoms with Gasteiger partial charge in [0.05, 0.1) is 0 Å². The fourth-order valence-corrected chi connectivity index (χ4v) is 3.28. The van der Waals surface area contributed by atoms with Crippen LogP contribution in [0.2, 0.25) is 0 Å². The molecule has 1 fully saturated rings. The Morgan fingerprint density at radius 1 is 1.42 bits per heavy atom. The second kappa shape index (κ2) is 8.73. The summed E-state index contributed by atoms with van der Waals surface area (Å²) in [6, 6.07) is 0. The van der Waals surface area contributed by atoms with Crippen molar-refractivity contribution in [3.8, 4) is 0 Å². The van der Waals surface area contributed by atoms with E-state index in [4.69, 9.17) is 9.47 Å². The van der Waals surface area contributed by atoms with E-state index in [1.54, 1.807) is 6.08 Å². The summed E-state index contributed by atoms with van der Waals surface area (Å²) in [5.41, 5.74) is 0.826. The zero-order valence-corrected chi connectivity index (χ0v) is 16.5. The molecule has 0 aliphatic heterocycles. The Morgan fingerprint density at radius 3 is 2.62 bits per heavy atom. The van der Waals surface area contributed by atoms with Gasteiger partial charge in [0, 0.05) is 0 Å². The summed E-state index contributed by atoms with van der Waals surface area (Å²) in [6.45, 7) is 16.6. The number of hydrogen-bond donors (Lipinski definition) is 0. The van der Waals surface area contributed by atoms with Crippen LogP contribution < -0.4 is 0 Å². The molecular weight excluding hydrogens is 300 g/mol. The molecule has 1 aliphatic rings. The minimum absolute atomic E-state index is 0.0366. The molecule has 3 nitrogen and oxygen atoms in total. The summed E-state index contributed by atoms with van der Waals surface area (Å²) in [4.78, 5) is 12.3. The molecule has 0 bridgehead atoms. The second-order valence-electron chi connectivity index (χ2n) is 8.33. The van der Waals surface area contributed by atoms with E-state index in [1.807, 2.05) is 6.92 Å². The van der Waals surface area contributed by atoms with Gasteiger partial charge < -0.3 is 9.47 Å². The van der Waals surface area contributed by atoms with Crippen LogP contribution in [-0.2, 0) is 9.47 Å². The smallest absolute Gasteiger partial charge is 0.431 e. The minimum Gasteiger partial charge on any atom is -0.431 e. The molecule has 1 rings (SSSR count). The van der Waals surface area contributed by atoms with E-state index in [2.05, 4.69) is 47.3 Å². The molecule has 0 amide bonds. The Bertz CT molecular complexity index is 462. The lowest BCUT2D eigenvalue weighted by Gasteiger charge is -2.41. The van der Waals surface area contributed by atoms with E-state index in [1.165, 1.54) is 12.0 Å². The molecule has 3 atom stereocenters. The molecule has 138 valence electrons. The van der Waals surface area contributed by atoms with Gasteiger partial charge in [-0.05, 0) is 76.7 Å². The lowest BCUT2D eigenvalue weighted by molar-refractivity contribution is -0.0508. The molecule has 24 heavy (non-hydrogen) atoms. The van der Waals surface area contributed by atoms with Crippen LogP contribution in [0, 0.1) is 11.3 Å². The molecule has 0 saturated heterocycles. The highest BCUT2D eigenvalue weighted by Crippen LogP contribution is 2.43. The minimum atomic E-state index is -0.681. The first-order valence-electron chi connectivity index (χ1n) is 9.27. The topological polar surface area (TPSA) is 35.5 Å². The number of allylic oxidation sites excluding steroid dienone is 2. The molecular formula is C21H36O3. The number of ether oxygens (including phenoxy) is 2. The standard InChI is InChI=1S/C21H36O3/c1-8-21(7,14-9-11-16(2)3)24-19(22)23-18-12-10-13-20(6,15-18)17(4)5/h8,11,17-18H,1,9-10,12-15H2,2-7H3. The molecule has 0 aromatic heterocycles. The van der Waals surface area contributed by atoms with Crippen molar-refractivity contribution in [1.29, 1.82) is 0 Å². The summed E-state index contributed by atoms with van der Waals surface area (Å²) < 4.78 is 11.2. The van der Waals surface area contributed by atoms with E-state index in [9.17, 15) is 4.79 Å². The van der Waals surface area contributed by atoms with Gasteiger partial charge in [-0.15, -0.1) is 0 Å². The van der Waals surface area contributed by atoms with E-state index in [0.717, 1.165) is 25.7 Å². The quantitative estimate of drug-likeness (QED) is 0.396. The molecule has 0 N–H and O–H groups in total. The van der Waals surface area contributed by atoms with Gasteiger partial charge in [-0.1, -0.05) is 39.0 Å². The molecule has 3 unspecified atom stereocenters. The Morgan fingerprint density at radius 2 is 2.08 bits per heavy atom. The van der Waals surface area contributed by atoms with E-state index in [0.29, 0.717) is 12.3 Å². The Labute approximate surface area is 148 Å². The largest absolute Gasteiger partial charge is 0.509 e. The molecule has 0 aromatic rings. The van der Waals surface area contributed by atoms with Crippen LogP contribution >= 0.6 is 0 Å². The summed E-state index contributed by atoms with van der Waals surface area (Å²) in [5, 5.41) is 0. The average Bonchev–Trinajstić information content (AvgIpc) is 2.46. The maximum absolute atomic E-state index is 12.3. The first-order chi connectivity index (χ1) is 11.1. The third-order valence-corrected chi connectivity index (χ3v) is 5.57. The van der Waals surface area contributed by atoms with Crippen molar-refractivity contribution in [3.63, 3.8) is 0 Å². The molecule has 1 saturated carbocycles. The maximum atomic E-state index is 12.3. The van der Waals surface area contributed by atoms with Crippen molar-refractivity contribution in [1.82, 2.24) is 0 Å². The zero-order chi connectivity index (χ0) is 18.4. The van der Waals surface area contributed by atoms with E-state index >= 15 is 0 Å². The molecule has 0 radical (unpaired) electrons. The summed E-state index contributed by atoms with van der Waals surface area (Å²) in [7, 11) is 0. The van der Waals surface area contributed by atoms with E-state index < -0.39 is 11.8 Å². The normalized spacial score (nSPS) is 26.4. The molecule has 3 heteroatoms. The first kappa shape index (κ1) is 20.8. The highest BCUT2D eigenvalue weighted by molar-refractivity contribution is 5.61. The van der Waals surface area contributed by atoms with Crippen molar-refractivity contribution in [2.45, 2.75) is 91.8 Å². The highest BCUT2D eigenvalue weighted by atomic mass is 16.7. The number of rotatable bonds is 7. The van der Waals surface area contributed by atoms with Gasteiger partial charge in [0.2, 0.25) is 0 Å². The third-order valence-electron chi connectivity index (χ3n) is 5.57. The van der Waals surface area contributed by atoms with Crippen LogP contribution in [-0.4, -0.2) is 17.9 Å². The number of carbonyl (C=O) groups excluding carboxylic acids is 1. The number of hydrogen-bond acceptors (Lipinski definition) is 3. The Kier molecular flexibility index (Phi) is 7.56. The summed E-state index contributed by atoms with van der Waals surface area (Å²) in [6.07, 6.45) is 8.97. The Balaban J connectivity index is 2.57. The zero-order valence-electron chi connectivity index (χ0n) is 16.5. The van der Waals surface area contributed by atoms with Gasteiger partial charge in [-0.2, -0.15) is 0 Å². The van der Waals surface area contributed by atoms with Crippen molar-refractivity contribution in [2.75, 3.05) is 0 Å². The van der Waals surface area contributed by atoms with Crippen LogP contribution in [0.25, 0.3) is 0 Å². The predicted octanol–water partition coefficient (Wildman–Crippen LogP) is 6.44. The van der Waals surface area contributed by atoms with Gasteiger partial charge >= 0.3 is 6.16 Å². The lowest BCUT2D eigenvalue weighted by Crippen LogP contribution is -2.37. The highest BCUT2D eigenvalue weighted by Gasteiger charge is 2.37. The maximum Gasteiger partial charge on any atom is 0.509 e. The van der Waals surface area contributed by atoms with Crippen LogP contribution in [0.1, 0.15) is 80.1 Å². The van der Waals surface area contributed by atoms with E-state index in [-0.39, 0.29) is 11.5 Å². The predicted molar refractivity (Wildman–Crippen MR) is 100 cm³/mol. The van der Waals surface area contributed by atoms with Gasteiger partial charge in [0.1, 0.15) is 11.7 Å². The Hall–Kier alpha value is -1.25. The van der Waals surface area contributed by atoms with Gasteiger partial charge in [0.25, 0.3) is 0 Å². The molecule has 0 aromatic carbocycles. The van der Waals surface area contributed by atoms with Gasteiger partial charge in [-0.3, -0.25) is 0 Å². The van der Waals surface area contributed by atoms with Gasteiger partial charge in [-0.25, -0.2) is 4.79 Å². The van der Waals surface area contributed by atoms with Crippen molar-refractivity contribution in [2.24, 2.45) is 11.3 Å². The third kappa shape index (κ3) is 6.33. The molecule has 0 spiro atoms. The van der Waals surface area contributed by atoms with Gasteiger partial charge in [0.15, 0.2) is 0 Å². The second-order valence-corrected chi connectivity index (χ2v) is 8.33. The monoisotopic (exact) mass is 336 g/mol. The fraction of sp³-hybridized carbons (Fsp3) is 0.762. The molecule has 0 heterocycles. The van der Waals surface area contributed by atoms with Crippen LogP contribution in [0.3, 0.4) is 0 Å². The van der Waals surface area contributed by atoms with Crippen molar-refractivity contribution in [3.05, 3.63) is 24.3 Å². The fourth-order valence-electron chi connectivity index (χ4n) is 3.28. The van der Waals surface area contributed by atoms with Crippen LogP contribution in [0.4, 0.5) is 4.79 Å². The molecule has 1 aliphatic carbocycles. The van der Waals surface area contributed by atoms with Crippen molar-refractivity contribution >= 4 is 6.16 Å². The van der Waals surface area contributed by atoms with Crippen molar-refractivity contribution < 1.29 is 14.3 Å². The summed E-state index contributed by atoms with van der Waals surface area (Å²) in [5.74, 6) is 0.586. The SMILES string of the molecule is C=CC(C)(CCC=C(C)C)OC(=O)OC1CCCC(C)(C(C)C)C1. The van der Waals surface area contributed by atoms with Crippen LogP contribution in [0.5, 0.6) is 0 Å². The van der Waals surface area contributed by atoms with Crippen LogP contribution in [0.15, 0.2) is 24.3 Å². The summed E-state index contributed by atoms with van der Waals surface area (Å²) >= 11 is 0. The number of carbonyl (C=O) groups is 1. The lowest BCUT2D eigenvalue weighted by atomic mass is 9.67.